The molecule has 1 rings (SSSR count). The van der Waals surface area contributed by atoms with Crippen LogP contribution in [-0.4, -0.2) is 32.3 Å². The van der Waals surface area contributed by atoms with Crippen LogP contribution in [-0.2, 0) is 16.0 Å². The van der Waals surface area contributed by atoms with E-state index < -0.39 is 0 Å². The largest absolute Gasteiger partial charge is 0.490 e. The number of para-hydroxylation sites is 1. The fourth-order valence-electron chi connectivity index (χ4n) is 1.99. The highest BCUT2D eigenvalue weighted by molar-refractivity contribution is 5.69. The summed E-state index contributed by atoms with van der Waals surface area (Å²) in [5.41, 5.74) is 6.89. The Bertz CT molecular complexity index is 446. The molecule has 0 saturated carbocycles. The van der Waals surface area contributed by atoms with E-state index in [4.69, 9.17) is 15.2 Å². The predicted octanol–water partition coefficient (Wildman–Crippen LogP) is 2.31. The van der Waals surface area contributed by atoms with Crippen molar-refractivity contribution in [1.29, 1.82) is 0 Å². The van der Waals surface area contributed by atoms with Crippen LogP contribution in [0.25, 0.3) is 0 Å². The number of benzene rings is 1. The van der Waals surface area contributed by atoms with Crippen LogP contribution in [0, 0.1) is 0 Å². The number of carbonyl (C=O) groups excluding carboxylic acids is 1. The van der Waals surface area contributed by atoms with Crippen molar-refractivity contribution in [3.8, 4) is 11.5 Å². The van der Waals surface area contributed by atoms with Gasteiger partial charge in [-0.1, -0.05) is 12.1 Å². The fourth-order valence-corrected chi connectivity index (χ4v) is 1.99. The molecule has 0 spiro atoms. The third-order valence-corrected chi connectivity index (χ3v) is 2.90. The molecule has 1 aromatic rings. The fraction of sp³-hybridized carbons (Fsp3) is 0.562. The summed E-state index contributed by atoms with van der Waals surface area (Å²) in [7, 11) is 1.38. The van der Waals surface area contributed by atoms with Crippen molar-refractivity contribution in [2.24, 2.45) is 5.73 Å². The third-order valence-electron chi connectivity index (χ3n) is 2.90. The van der Waals surface area contributed by atoms with Gasteiger partial charge in [-0.05, 0) is 38.3 Å². The van der Waals surface area contributed by atoms with Gasteiger partial charge in [0.15, 0.2) is 11.5 Å². The van der Waals surface area contributed by atoms with Gasteiger partial charge in [0.1, 0.15) is 0 Å². The molecule has 0 saturated heterocycles. The molecule has 5 nitrogen and oxygen atoms in total. The van der Waals surface area contributed by atoms with Crippen molar-refractivity contribution in [1.82, 2.24) is 0 Å². The van der Waals surface area contributed by atoms with Crippen LogP contribution in [0.15, 0.2) is 18.2 Å². The molecule has 1 atom stereocenters. The summed E-state index contributed by atoms with van der Waals surface area (Å²) in [6, 6.07) is 5.84. The maximum absolute atomic E-state index is 11.1. The summed E-state index contributed by atoms with van der Waals surface area (Å²) < 4.78 is 16.0. The summed E-state index contributed by atoms with van der Waals surface area (Å²) in [5.74, 6) is 1.21. The van der Waals surface area contributed by atoms with Crippen LogP contribution in [0.1, 0.15) is 32.3 Å². The Kier molecular flexibility index (Phi) is 7.61. The van der Waals surface area contributed by atoms with Gasteiger partial charge in [-0.2, -0.15) is 0 Å². The van der Waals surface area contributed by atoms with Crippen molar-refractivity contribution in [3.63, 3.8) is 0 Å². The van der Waals surface area contributed by atoms with Crippen molar-refractivity contribution in [2.45, 2.75) is 39.2 Å². The van der Waals surface area contributed by atoms with E-state index in [0.717, 1.165) is 11.3 Å². The average Bonchev–Trinajstić information content (AvgIpc) is 2.45. The SMILES string of the molecule is CCOc1cccc(CC(C)N)c1OCCCC(=O)OC. The maximum Gasteiger partial charge on any atom is 0.305 e. The number of hydrogen-bond acceptors (Lipinski definition) is 5. The van der Waals surface area contributed by atoms with E-state index in [1.807, 2.05) is 32.0 Å². The highest BCUT2D eigenvalue weighted by atomic mass is 16.5. The van der Waals surface area contributed by atoms with Crippen molar-refractivity contribution >= 4 is 5.97 Å². The minimum Gasteiger partial charge on any atom is -0.490 e. The highest BCUT2D eigenvalue weighted by Gasteiger charge is 2.12. The topological polar surface area (TPSA) is 70.8 Å². The van der Waals surface area contributed by atoms with Crippen LogP contribution in [0.5, 0.6) is 11.5 Å². The van der Waals surface area contributed by atoms with Crippen LogP contribution in [0.4, 0.5) is 0 Å². The molecule has 0 aliphatic heterocycles. The quantitative estimate of drug-likeness (QED) is 0.559. The van der Waals surface area contributed by atoms with Gasteiger partial charge in [-0.25, -0.2) is 0 Å². The Labute approximate surface area is 126 Å². The molecule has 21 heavy (non-hydrogen) atoms. The second-order valence-corrected chi connectivity index (χ2v) is 4.89. The molecule has 0 bridgehead atoms. The Hall–Kier alpha value is -1.75. The van der Waals surface area contributed by atoms with Gasteiger partial charge in [0.2, 0.25) is 0 Å². The Morgan fingerprint density at radius 3 is 2.71 bits per heavy atom. The van der Waals surface area contributed by atoms with E-state index in [1.165, 1.54) is 7.11 Å². The first-order valence-corrected chi connectivity index (χ1v) is 7.28. The van der Waals surface area contributed by atoms with Gasteiger partial charge in [-0.15, -0.1) is 0 Å². The molecule has 118 valence electrons. The minimum atomic E-state index is -0.229. The van der Waals surface area contributed by atoms with Crippen LogP contribution >= 0.6 is 0 Å². The highest BCUT2D eigenvalue weighted by Crippen LogP contribution is 2.32. The van der Waals surface area contributed by atoms with E-state index in [2.05, 4.69) is 4.74 Å². The minimum absolute atomic E-state index is 0.0410. The first kappa shape index (κ1) is 17.3. The van der Waals surface area contributed by atoms with Gasteiger partial charge >= 0.3 is 5.97 Å². The number of nitrogens with two attached hydrogens (primary N) is 1. The lowest BCUT2D eigenvalue weighted by Gasteiger charge is -2.17. The number of rotatable bonds is 9. The zero-order chi connectivity index (χ0) is 15.7. The molecule has 1 unspecified atom stereocenters. The first-order valence-electron chi connectivity index (χ1n) is 7.28. The number of ether oxygens (including phenoxy) is 3. The van der Waals surface area contributed by atoms with E-state index in [-0.39, 0.29) is 12.0 Å². The van der Waals surface area contributed by atoms with Crippen LogP contribution in [0.2, 0.25) is 0 Å². The Morgan fingerprint density at radius 2 is 2.10 bits per heavy atom. The third kappa shape index (κ3) is 6.04. The lowest BCUT2D eigenvalue weighted by Crippen LogP contribution is -2.18. The summed E-state index contributed by atoms with van der Waals surface area (Å²) in [6.45, 7) is 4.89. The smallest absolute Gasteiger partial charge is 0.305 e. The van der Waals surface area contributed by atoms with E-state index in [9.17, 15) is 4.79 Å². The number of hydrogen-bond donors (Lipinski definition) is 1. The summed E-state index contributed by atoms with van der Waals surface area (Å²) >= 11 is 0. The van der Waals surface area contributed by atoms with Crippen LogP contribution < -0.4 is 15.2 Å². The van der Waals surface area contributed by atoms with Gasteiger partial charge in [0.05, 0.1) is 20.3 Å². The average molecular weight is 295 g/mol. The van der Waals surface area contributed by atoms with E-state index in [1.54, 1.807) is 0 Å². The molecule has 0 heterocycles. The molecule has 0 fully saturated rings. The normalized spacial score (nSPS) is 11.8. The number of esters is 1. The maximum atomic E-state index is 11.1. The molecule has 0 aliphatic rings. The van der Waals surface area contributed by atoms with E-state index >= 15 is 0 Å². The predicted molar refractivity (Wildman–Crippen MR) is 81.7 cm³/mol. The Morgan fingerprint density at radius 1 is 1.33 bits per heavy atom. The molecular weight excluding hydrogens is 270 g/mol. The molecule has 5 heteroatoms. The molecule has 0 radical (unpaired) electrons. The second kappa shape index (κ2) is 9.23. The van der Waals surface area contributed by atoms with Crippen molar-refractivity contribution in [2.75, 3.05) is 20.3 Å². The van der Waals surface area contributed by atoms with E-state index in [0.29, 0.717) is 38.2 Å². The standard InChI is InChI=1S/C16H25NO4/c1-4-20-14-8-5-7-13(11-12(2)17)16(14)21-10-6-9-15(18)19-3/h5,7-8,12H,4,6,9-11,17H2,1-3H3. The van der Waals surface area contributed by atoms with Gasteiger partial charge in [0.25, 0.3) is 0 Å². The van der Waals surface area contributed by atoms with Gasteiger partial charge in [0, 0.05) is 12.5 Å². The molecule has 0 amide bonds. The number of carbonyl (C=O) groups is 1. The molecular formula is C16H25NO4. The lowest BCUT2D eigenvalue weighted by atomic mass is 10.1. The van der Waals surface area contributed by atoms with Crippen molar-refractivity contribution < 1.29 is 19.0 Å². The Balaban J connectivity index is 2.73. The molecule has 1 aromatic carbocycles. The van der Waals surface area contributed by atoms with Gasteiger partial charge in [-0.3, -0.25) is 4.79 Å². The van der Waals surface area contributed by atoms with Gasteiger partial charge < -0.3 is 19.9 Å². The van der Waals surface area contributed by atoms with Crippen LogP contribution in [0.3, 0.4) is 0 Å². The summed E-state index contributed by atoms with van der Waals surface area (Å²) in [4.78, 5) is 11.1. The monoisotopic (exact) mass is 295 g/mol. The summed E-state index contributed by atoms with van der Waals surface area (Å²) in [5, 5.41) is 0. The lowest BCUT2D eigenvalue weighted by molar-refractivity contribution is -0.140. The number of methoxy groups -OCH3 is 1. The molecule has 0 aliphatic carbocycles. The molecule has 0 aromatic heterocycles. The second-order valence-electron chi connectivity index (χ2n) is 4.89. The summed E-state index contributed by atoms with van der Waals surface area (Å²) in [6.07, 6.45) is 1.66. The van der Waals surface area contributed by atoms with Crippen molar-refractivity contribution in [3.05, 3.63) is 23.8 Å². The first-order chi connectivity index (χ1) is 10.1. The zero-order valence-electron chi connectivity index (χ0n) is 13.1. The zero-order valence-corrected chi connectivity index (χ0v) is 13.1. The molecule has 2 N–H and O–H groups in total.